The van der Waals surface area contributed by atoms with Crippen LogP contribution in [0.25, 0.3) is 0 Å². The Kier molecular flexibility index (Phi) is 5.42. The molecule has 2 rings (SSSR count). The molecule has 0 aliphatic rings. The largest absolute Gasteiger partial charge is 0.375 e. The second kappa shape index (κ2) is 7.01. The Morgan fingerprint density at radius 2 is 1.75 bits per heavy atom. The van der Waals surface area contributed by atoms with Gasteiger partial charge in [-0.1, -0.05) is 29.3 Å². The molecule has 2 aromatic carbocycles. The van der Waals surface area contributed by atoms with Crippen LogP contribution in [0, 0.1) is 0 Å². The zero-order valence-corrected chi connectivity index (χ0v) is 15.6. The van der Waals surface area contributed by atoms with Gasteiger partial charge >= 0.3 is 0 Å². The van der Waals surface area contributed by atoms with Crippen LogP contribution in [-0.2, 0) is 9.84 Å². The fraction of sp³-hybridized carbons (Fsp3) is 0.188. The minimum absolute atomic E-state index is 0.0241. The summed E-state index contributed by atoms with van der Waals surface area (Å²) in [6, 6.07) is 9.13. The van der Waals surface area contributed by atoms with Gasteiger partial charge in [-0.15, -0.1) is 0 Å². The lowest BCUT2D eigenvalue weighted by atomic mass is 10.2. The molecule has 0 spiro atoms. The highest BCUT2D eigenvalue weighted by atomic mass is 35.5. The third kappa shape index (κ3) is 4.01. The maximum Gasteiger partial charge on any atom is 0.257 e. The highest BCUT2D eigenvalue weighted by Gasteiger charge is 2.18. The van der Waals surface area contributed by atoms with Gasteiger partial charge in [-0.05, 0) is 30.3 Å². The van der Waals surface area contributed by atoms with E-state index in [0.29, 0.717) is 16.4 Å². The number of rotatable bonds is 4. The molecule has 0 heterocycles. The summed E-state index contributed by atoms with van der Waals surface area (Å²) in [5.74, 6) is -0.518. The lowest BCUT2D eigenvalue weighted by Crippen LogP contribution is -2.17. The summed E-state index contributed by atoms with van der Waals surface area (Å²) < 4.78 is 23.3. The van der Waals surface area contributed by atoms with Gasteiger partial charge in [0.1, 0.15) is 0 Å². The van der Waals surface area contributed by atoms with E-state index in [-0.39, 0.29) is 15.5 Å². The zero-order chi connectivity index (χ0) is 18.1. The molecular formula is C16H16Cl2N2O3S. The van der Waals surface area contributed by atoms with E-state index in [2.05, 4.69) is 5.32 Å². The van der Waals surface area contributed by atoms with Crippen LogP contribution in [-0.4, -0.2) is 34.7 Å². The van der Waals surface area contributed by atoms with Crippen molar-refractivity contribution in [2.45, 2.75) is 4.90 Å². The molecule has 0 fully saturated rings. The molecule has 0 aromatic heterocycles. The number of nitrogens with one attached hydrogen (secondary N) is 1. The predicted molar refractivity (Wildman–Crippen MR) is 98.3 cm³/mol. The zero-order valence-electron chi connectivity index (χ0n) is 13.3. The van der Waals surface area contributed by atoms with Crippen LogP contribution < -0.4 is 10.2 Å². The summed E-state index contributed by atoms with van der Waals surface area (Å²) in [5.41, 5.74) is 1.21. The van der Waals surface area contributed by atoms with Gasteiger partial charge in [-0.2, -0.15) is 0 Å². The molecular weight excluding hydrogens is 371 g/mol. The predicted octanol–water partition coefficient (Wildman–Crippen LogP) is 3.72. The van der Waals surface area contributed by atoms with E-state index in [1.807, 2.05) is 0 Å². The number of nitrogens with zero attached hydrogens (tertiary/aromatic N) is 1. The minimum atomic E-state index is -3.44. The Balaban J connectivity index is 2.44. The van der Waals surface area contributed by atoms with Crippen LogP contribution in [0.3, 0.4) is 0 Å². The van der Waals surface area contributed by atoms with Crippen molar-refractivity contribution in [3.63, 3.8) is 0 Å². The summed E-state index contributed by atoms with van der Waals surface area (Å²) in [5, 5.41) is 3.37. The smallest absolute Gasteiger partial charge is 0.257 e. The van der Waals surface area contributed by atoms with Gasteiger partial charge in [-0.25, -0.2) is 8.42 Å². The molecule has 1 N–H and O–H groups in total. The fourth-order valence-electron chi connectivity index (χ4n) is 2.17. The highest BCUT2D eigenvalue weighted by Crippen LogP contribution is 2.33. The number of para-hydroxylation sites is 1. The molecule has 0 saturated carbocycles. The minimum Gasteiger partial charge on any atom is -0.375 e. The van der Waals surface area contributed by atoms with Crippen molar-refractivity contribution in [3.05, 3.63) is 52.0 Å². The van der Waals surface area contributed by atoms with Crippen molar-refractivity contribution in [2.75, 3.05) is 30.6 Å². The number of anilines is 2. The van der Waals surface area contributed by atoms with Gasteiger partial charge in [0.15, 0.2) is 9.84 Å². The molecule has 0 unspecified atom stereocenters. The van der Waals surface area contributed by atoms with E-state index in [0.717, 1.165) is 6.26 Å². The first-order valence-electron chi connectivity index (χ1n) is 6.88. The van der Waals surface area contributed by atoms with E-state index in [4.69, 9.17) is 23.2 Å². The molecule has 0 saturated heterocycles. The number of benzene rings is 2. The molecule has 0 radical (unpaired) electrons. The van der Waals surface area contributed by atoms with Gasteiger partial charge < -0.3 is 10.2 Å². The summed E-state index contributed by atoms with van der Waals surface area (Å²) >= 11 is 12.2. The fourth-order valence-corrected chi connectivity index (χ4v) is 3.36. The highest BCUT2D eigenvalue weighted by molar-refractivity contribution is 7.90. The Bertz CT molecular complexity index is 896. The van der Waals surface area contributed by atoms with Crippen molar-refractivity contribution in [2.24, 2.45) is 0 Å². The van der Waals surface area contributed by atoms with Crippen LogP contribution in [0.4, 0.5) is 11.4 Å². The van der Waals surface area contributed by atoms with Crippen LogP contribution in [0.15, 0.2) is 41.3 Å². The number of hydrogen-bond donors (Lipinski definition) is 1. The summed E-state index contributed by atoms with van der Waals surface area (Å²) in [7, 11) is 0.155. The van der Waals surface area contributed by atoms with Crippen molar-refractivity contribution in [1.82, 2.24) is 0 Å². The SMILES string of the molecule is CN(C)c1c(Cl)cccc1NC(=O)c1cc(S(C)(=O)=O)ccc1Cl. The average Bonchev–Trinajstić information content (AvgIpc) is 2.45. The summed E-state index contributed by atoms with van der Waals surface area (Å²) in [4.78, 5) is 14.3. The lowest BCUT2D eigenvalue weighted by molar-refractivity contribution is 0.102. The van der Waals surface area contributed by atoms with Gasteiger partial charge in [-0.3, -0.25) is 4.79 Å². The van der Waals surface area contributed by atoms with E-state index < -0.39 is 15.7 Å². The Hall–Kier alpha value is -1.76. The van der Waals surface area contributed by atoms with Crippen LogP contribution >= 0.6 is 23.2 Å². The number of carbonyl (C=O) groups excluding carboxylic acids is 1. The quantitative estimate of drug-likeness (QED) is 0.869. The van der Waals surface area contributed by atoms with E-state index in [9.17, 15) is 13.2 Å². The number of amides is 1. The van der Waals surface area contributed by atoms with Crippen molar-refractivity contribution in [3.8, 4) is 0 Å². The summed E-state index contributed by atoms with van der Waals surface area (Å²) in [6.45, 7) is 0. The van der Waals surface area contributed by atoms with E-state index in [1.165, 1.54) is 18.2 Å². The molecule has 2 aromatic rings. The number of carbonyl (C=O) groups is 1. The molecule has 128 valence electrons. The maximum atomic E-state index is 12.5. The third-order valence-corrected chi connectivity index (χ3v) is 5.04. The van der Waals surface area contributed by atoms with Gasteiger partial charge in [0.05, 0.1) is 31.9 Å². The van der Waals surface area contributed by atoms with Crippen molar-refractivity contribution in [1.29, 1.82) is 0 Å². The molecule has 24 heavy (non-hydrogen) atoms. The normalized spacial score (nSPS) is 11.2. The van der Waals surface area contributed by atoms with Gasteiger partial charge in [0.2, 0.25) is 0 Å². The first kappa shape index (κ1) is 18.6. The number of halogens is 2. The van der Waals surface area contributed by atoms with Gasteiger partial charge in [0, 0.05) is 20.4 Å². The second-order valence-electron chi connectivity index (χ2n) is 5.40. The molecule has 5 nitrogen and oxygen atoms in total. The number of sulfone groups is 1. The third-order valence-electron chi connectivity index (χ3n) is 3.29. The Morgan fingerprint density at radius 3 is 2.33 bits per heavy atom. The number of hydrogen-bond acceptors (Lipinski definition) is 4. The van der Waals surface area contributed by atoms with Crippen LogP contribution in [0.2, 0.25) is 10.0 Å². The molecule has 0 aliphatic heterocycles. The topological polar surface area (TPSA) is 66.5 Å². The first-order chi connectivity index (χ1) is 11.1. The standard InChI is InChI=1S/C16H16Cl2N2O3S/c1-20(2)15-13(18)5-4-6-14(15)19-16(21)11-9-10(24(3,22)23)7-8-12(11)17/h4-9H,1-3H3,(H,19,21). The van der Waals surface area contributed by atoms with E-state index >= 15 is 0 Å². The molecule has 0 bridgehead atoms. The maximum absolute atomic E-state index is 12.5. The Morgan fingerprint density at radius 1 is 1.08 bits per heavy atom. The lowest BCUT2D eigenvalue weighted by Gasteiger charge is -2.19. The van der Waals surface area contributed by atoms with Crippen LogP contribution in [0.5, 0.6) is 0 Å². The summed E-state index contributed by atoms with van der Waals surface area (Å²) in [6.07, 6.45) is 1.07. The van der Waals surface area contributed by atoms with E-state index in [1.54, 1.807) is 37.2 Å². The first-order valence-corrected chi connectivity index (χ1v) is 9.53. The van der Waals surface area contributed by atoms with Crippen LogP contribution in [0.1, 0.15) is 10.4 Å². The van der Waals surface area contributed by atoms with Gasteiger partial charge in [0.25, 0.3) is 5.91 Å². The molecule has 0 aliphatic carbocycles. The van der Waals surface area contributed by atoms with Crippen molar-refractivity contribution >= 4 is 50.3 Å². The monoisotopic (exact) mass is 386 g/mol. The second-order valence-corrected chi connectivity index (χ2v) is 8.23. The Labute approximate surface area is 151 Å². The molecule has 0 atom stereocenters. The van der Waals surface area contributed by atoms with Crippen molar-refractivity contribution < 1.29 is 13.2 Å². The molecule has 1 amide bonds. The average molecular weight is 387 g/mol. The molecule has 8 heteroatoms.